The van der Waals surface area contributed by atoms with Crippen molar-refractivity contribution < 1.29 is 5.11 Å². The number of phenols is 1. The molecule has 2 heterocycles. The van der Waals surface area contributed by atoms with Crippen molar-refractivity contribution in [2.75, 3.05) is 13.1 Å². The standard InChI is InChI=1S/C12H14N4O/c17-10-3-1-9(2-4-10)12-14-11(15-16-12)5-8-6-13-7-8/h1-4,8,13,17H,5-7H2,(H,14,15,16). The van der Waals surface area contributed by atoms with Crippen LogP contribution in [0.4, 0.5) is 0 Å². The van der Waals surface area contributed by atoms with Crippen molar-refractivity contribution in [1.29, 1.82) is 0 Å². The van der Waals surface area contributed by atoms with E-state index in [0.717, 1.165) is 30.9 Å². The molecule has 0 radical (unpaired) electrons. The maximum absolute atomic E-state index is 9.21. The van der Waals surface area contributed by atoms with Crippen LogP contribution >= 0.6 is 0 Å². The van der Waals surface area contributed by atoms with Crippen LogP contribution in [0.2, 0.25) is 0 Å². The third-order valence-corrected chi connectivity index (χ3v) is 3.01. The van der Waals surface area contributed by atoms with Gasteiger partial charge in [0.2, 0.25) is 0 Å². The van der Waals surface area contributed by atoms with Crippen LogP contribution < -0.4 is 5.32 Å². The Bertz CT molecular complexity index is 501. The number of aromatic hydroxyl groups is 1. The summed E-state index contributed by atoms with van der Waals surface area (Å²) in [6.07, 6.45) is 0.943. The Hall–Kier alpha value is -1.88. The van der Waals surface area contributed by atoms with Crippen LogP contribution in [-0.2, 0) is 6.42 Å². The van der Waals surface area contributed by atoms with Crippen LogP contribution in [0, 0.1) is 5.92 Å². The minimum atomic E-state index is 0.255. The van der Waals surface area contributed by atoms with Crippen molar-refractivity contribution in [3.05, 3.63) is 30.1 Å². The number of rotatable bonds is 3. The van der Waals surface area contributed by atoms with E-state index in [1.807, 2.05) is 12.1 Å². The lowest BCUT2D eigenvalue weighted by Crippen LogP contribution is -2.43. The van der Waals surface area contributed by atoms with E-state index in [4.69, 9.17) is 0 Å². The fourth-order valence-corrected chi connectivity index (χ4v) is 1.89. The van der Waals surface area contributed by atoms with Crippen LogP contribution in [0.15, 0.2) is 24.3 Å². The number of H-pyrrole nitrogens is 1. The van der Waals surface area contributed by atoms with Gasteiger partial charge in [-0.05, 0) is 43.3 Å². The highest BCUT2D eigenvalue weighted by Crippen LogP contribution is 2.19. The zero-order chi connectivity index (χ0) is 11.7. The Morgan fingerprint density at radius 2 is 2.00 bits per heavy atom. The molecule has 2 aromatic rings. The summed E-state index contributed by atoms with van der Waals surface area (Å²) in [7, 11) is 0. The molecule has 0 atom stereocenters. The molecule has 0 unspecified atom stereocenters. The van der Waals surface area contributed by atoms with Gasteiger partial charge in [-0.25, -0.2) is 4.98 Å². The molecule has 1 aromatic heterocycles. The van der Waals surface area contributed by atoms with E-state index in [0.29, 0.717) is 11.7 Å². The molecule has 1 aliphatic heterocycles. The molecular formula is C12H14N4O. The number of aromatic amines is 1. The topological polar surface area (TPSA) is 73.8 Å². The van der Waals surface area contributed by atoms with Crippen LogP contribution in [0.5, 0.6) is 5.75 Å². The van der Waals surface area contributed by atoms with Gasteiger partial charge >= 0.3 is 0 Å². The second-order valence-corrected chi connectivity index (χ2v) is 4.38. The Balaban J connectivity index is 1.76. The van der Waals surface area contributed by atoms with Gasteiger partial charge in [-0.3, -0.25) is 5.10 Å². The molecule has 0 bridgehead atoms. The largest absolute Gasteiger partial charge is 0.508 e. The molecule has 0 amide bonds. The summed E-state index contributed by atoms with van der Waals surface area (Å²) in [5.41, 5.74) is 0.914. The van der Waals surface area contributed by atoms with E-state index >= 15 is 0 Å². The summed E-state index contributed by atoms with van der Waals surface area (Å²) in [5, 5.41) is 19.6. The monoisotopic (exact) mass is 230 g/mol. The maximum Gasteiger partial charge on any atom is 0.181 e. The number of nitrogens with one attached hydrogen (secondary N) is 2. The second-order valence-electron chi connectivity index (χ2n) is 4.38. The van der Waals surface area contributed by atoms with Crippen molar-refractivity contribution in [3.8, 4) is 17.1 Å². The third-order valence-electron chi connectivity index (χ3n) is 3.01. The van der Waals surface area contributed by atoms with E-state index in [1.54, 1.807) is 12.1 Å². The Kier molecular flexibility index (Phi) is 2.53. The highest BCUT2D eigenvalue weighted by atomic mass is 16.3. The lowest BCUT2D eigenvalue weighted by molar-refractivity contribution is 0.341. The first-order valence-corrected chi connectivity index (χ1v) is 5.72. The summed E-state index contributed by atoms with van der Waals surface area (Å²) in [4.78, 5) is 4.46. The number of nitrogens with zero attached hydrogens (tertiary/aromatic N) is 2. The van der Waals surface area contributed by atoms with Gasteiger partial charge in [-0.2, -0.15) is 5.10 Å². The summed E-state index contributed by atoms with van der Waals surface area (Å²) in [5.74, 6) is 2.55. The zero-order valence-electron chi connectivity index (χ0n) is 9.35. The highest BCUT2D eigenvalue weighted by Gasteiger charge is 2.19. The maximum atomic E-state index is 9.21. The van der Waals surface area contributed by atoms with Gasteiger partial charge in [0, 0.05) is 12.0 Å². The molecule has 1 aromatic carbocycles. The molecular weight excluding hydrogens is 216 g/mol. The quantitative estimate of drug-likeness (QED) is 0.733. The van der Waals surface area contributed by atoms with E-state index in [-0.39, 0.29) is 5.75 Å². The van der Waals surface area contributed by atoms with E-state index in [1.165, 1.54) is 0 Å². The number of hydrogen-bond acceptors (Lipinski definition) is 4. The fourth-order valence-electron chi connectivity index (χ4n) is 1.89. The summed E-state index contributed by atoms with van der Waals surface area (Å²) in [6, 6.07) is 6.91. The first-order valence-electron chi connectivity index (χ1n) is 5.72. The Labute approximate surface area is 98.9 Å². The summed E-state index contributed by atoms with van der Waals surface area (Å²) in [6.45, 7) is 2.13. The van der Waals surface area contributed by atoms with Gasteiger partial charge in [0.15, 0.2) is 5.82 Å². The van der Waals surface area contributed by atoms with Gasteiger partial charge in [-0.15, -0.1) is 0 Å². The van der Waals surface area contributed by atoms with Crippen LogP contribution in [0.3, 0.4) is 0 Å². The molecule has 0 aliphatic carbocycles. The van der Waals surface area contributed by atoms with Gasteiger partial charge < -0.3 is 10.4 Å². The SMILES string of the molecule is Oc1ccc(-c2n[nH]c(CC3CNC3)n2)cc1. The lowest BCUT2D eigenvalue weighted by atomic mass is 9.99. The molecule has 0 spiro atoms. The third kappa shape index (κ3) is 2.14. The number of phenolic OH excluding ortho intramolecular Hbond substituents is 1. The average molecular weight is 230 g/mol. The fraction of sp³-hybridized carbons (Fsp3) is 0.333. The van der Waals surface area contributed by atoms with E-state index in [2.05, 4.69) is 20.5 Å². The second kappa shape index (κ2) is 4.18. The van der Waals surface area contributed by atoms with Gasteiger partial charge in [0.25, 0.3) is 0 Å². The van der Waals surface area contributed by atoms with E-state index < -0.39 is 0 Å². The Morgan fingerprint density at radius 3 is 2.65 bits per heavy atom. The number of hydrogen-bond donors (Lipinski definition) is 3. The van der Waals surface area contributed by atoms with Crippen molar-refractivity contribution in [3.63, 3.8) is 0 Å². The van der Waals surface area contributed by atoms with Crippen molar-refractivity contribution in [2.24, 2.45) is 5.92 Å². The van der Waals surface area contributed by atoms with Gasteiger partial charge in [0.05, 0.1) is 0 Å². The molecule has 5 heteroatoms. The van der Waals surface area contributed by atoms with Gasteiger partial charge in [0.1, 0.15) is 11.6 Å². The van der Waals surface area contributed by atoms with Crippen molar-refractivity contribution >= 4 is 0 Å². The highest BCUT2D eigenvalue weighted by molar-refractivity contribution is 5.55. The molecule has 88 valence electrons. The minimum absolute atomic E-state index is 0.255. The molecule has 17 heavy (non-hydrogen) atoms. The molecule has 1 fully saturated rings. The molecule has 1 saturated heterocycles. The molecule has 5 nitrogen and oxygen atoms in total. The minimum Gasteiger partial charge on any atom is -0.508 e. The van der Waals surface area contributed by atoms with E-state index in [9.17, 15) is 5.11 Å². The predicted molar refractivity (Wildman–Crippen MR) is 63.5 cm³/mol. The molecule has 3 N–H and O–H groups in total. The molecule has 0 saturated carbocycles. The van der Waals surface area contributed by atoms with Crippen molar-refractivity contribution in [1.82, 2.24) is 20.5 Å². The zero-order valence-corrected chi connectivity index (χ0v) is 9.35. The average Bonchev–Trinajstić information content (AvgIpc) is 2.73. The smallest absolute Gasteiger partial charge is 0.181 e. The first kappa shape index (κ1) is 10.3. The van der Waals surface area contributed by atoms with Gasteiger partial charge in [-0.1, -0.05) is 0 Å². The normalized spacial score (nSPS) is 15.8. The number of aromatic nitrogens is 3. The Morgan fingerprint density at radius 1 is 1.24 bits per heavy atom. The van der Waals surface area contributed by atoms with Crippen LogP contribution in [0.25, 0.3) is 11.4 Å². The predicted octanol–water partition coefficient (Wildman–Crippen LogP) is 0.939. The van der Waals surface area contributed by atoms with Crippen molar-refractivity contribution in [2.45, 2.75) is 6.42 Å². The summed E-state index contributed by atoms with van der Waals surface area (Å²) >= 11 is 0. The van der Waals surface area contributed by atoms with Crippen LogP contribution in [0.1, 0.15) is 5.82 Å². The molecule has 3 rings (SSSR count). The first-order chi connectivity index (χ1) is 8.31. The lowest BCUT2D eigenvalue weighted by Gasteiger charge is -2.25. The van der Waals surface area contributed by atoms with Crippen LogP contribution in [-0.4, -0.2) is 33.4 Å². The molecule has 1 aliphatic rings. The summed E-state index contributed by atoms with van der Waals surface area (Å²) < 4.78 is 0. The number of benzene rings is 1.